The van der Waals surface area contributed by atoms with E-state index in [1.807, 2.05) is 6.07 Å². The summed E-state index contributed by atoms with van der Waals surface area (Å²) < 4.78 is 1.05. The largest absolute Gasteiger partial charge is 0.310 e. The molecule has 1 aliphatic carbocycles. The fourth-order valence-electron chi connectivity index (χ4n) is 2.11. The Hall–Kier alpha value is -0.0500. The van der Waals surface area contributed by atoms with Gasteiger partial charge in [0.05, 0.1) is 0 Å². The Morgan fingerprint density at radius 3 is 2.82 bits per heavy atom. The summed E-state index contributed by atoms with van der Waals surface area (Å²) in [5, 5.41) is 4.49. The molecule has 1 nitrogen and oxygen atoms in total. The van der Waals surface area contributed by atoms with Crippen molar-refractivity contribution >= 4 is 27.5 Å². The van der Waals surface area contributed by atoms with Crippen LogP contribution in [0.25, 0.3) is 0 Å². The van der Waals surface area contributed by atoms with Crippen molar-refractivity contribution in [3.8, 4) is 0 Å². The Morgan fingerprint density at radius 2 is 2.24 bits per heavy atom. The third-order valence-corrected chi connectivity index (χ3v) is 4.07. The molecule has 1 N–H and O–H groups in total. The minimum absolute atomic E-state index is 0.419. The molecule has 3 heteroatoms. The minimum Gasteiger partial charge on any atom is -0.310 e. The molecule has 1 aromatic rings. The molecule has 0 saturated heterocycles. The van der Waals surface area contributed by atoms with Crippen LogP contribution < -0.4 is 5.32 Å². The van der Waals surface area contributed by atoms with Crippen molar-refractivity contribution in [2.24, 2.45) is 5.92 Å². The molecule has 0 heterocycles. The Labute approximate surface area is 117 Å². The molecule has 1 saturated carbocycles. The molecule has 0 radical (unpaired) electrons. The van der Waals surface area contributed by atoms with E-state index in [1.165, 1.54) is 24.8 Å². The molecular weight excluding hydrogens is 298 g/mol. The topological polar surface area (TPSA) is 12.0 Å². The van der Waals surface area contributed by atoms with E-state index >= 15 is 0 Å². The van der Waals surface area contributed by atoms with E-state index in [9.17, 15) is 0 Å². The first-order valence-electron chi connectivity index (χ1n) is 6.39. The van der Waals surface area contributed by atoms with Gasteiger partial charge in [0.1, 0.15) is 0 Å². The third kappa shape index (κ3) is 3.97. The molecule has 0 bridgehead atoms. The maximum absolute atomic E-state index is 6.34. The van der Waals surface area contributed by atoms with Gasteiger partial charge in [-0.25, -0.2) is 0 Å². The average molecular weight is 317 g/mol. The van der Waals surface area contributed by atoms with Crippen LogP contribution in [0.15, 0.2) is 22.7 Å². The van der Waals surface area contributed by atoms with E-state index in [0.717, 1.165) is 28.4 Å². The first-order chi connectivity index (χ1) is 8.20. The van der Waals surface area contributed by atoms with Crippen LogP contribution in [0.1, 0.15) is 44.2 Å². The summed E-state index contributed by atoms with van der Waals surface area (Å²) in [7, 11) is 0. The normalized spacial score (nSPS) is 17.1. The summed E-state index contributed by atoms with van der Waals surface area (Å²) in [5.41, 5.74) is 1.25. The summed E-state index contributed by atoms with van der Waals surface area (Å²) >= 11 is 9.79. The molecule has 2 rings (SSSR count). The quantitative estimate of drug-likeness (QED) is 0.783. The number of rotatable bonds is 6. The van der Waals surface area contributed by atoms with E-state index in [2.05, 4.69) is 40.3 Å². The number of benzene rings is 1. The maximum Gasteiger partial charge on any atom is 0.0465 e. The molecule has 0 amide bonds. The Morgan fingerprint density at radius 1 is 1.47 bits per heavy atom. The van der Waals surface area contributed by atoms with Crippen molar-refractivity contribution in [1.29, 1.82) is 0 Å². The van der Waals surface area contributed by atoms with Crippen LogP contribution in [0.5, 0.6) is 0 Å². The minimum atomic E-state index is 0.419. The highest BCUT2D eigenvalue weighted by molar-refractivity contribution is 9.10. The van der Waals surface area contributed by atoms with Crippen LogP contribution in [0.2, 0.25) is 5.02 Å². The third-order valence-electron chi connectivity index (χ3n) is 3.24. The van der Waals surface area contributed by atoms with E-state index in [-0.39, 0.29) is 0 Å². The lowest BCUT2D eigenvalue weighted by atomic mass is 10.0. The lowest BCUT2D eigenvalue weighted by Crippen LogP contribution is -2.23. The lowest BCUT2D eigenvalue weighted by Gasteiger charge is -2.20. The van der Waals surface area contributed by atoms with Gasteiger partial charge in [-0.3, -0.25) is 0 Å². The van der Waals surface area contributed by atoms with E-state index in [1.54, 1.807) is 0 Å². The summed E-state index contributed by atoms with van der Waals surface area (Å²) in [6.45, 7) is 3.26. The predicted molar refractivity (Wildman–Crippen MR) is 77.5 cm³/mol. The summed E-state index contributed by atoms with van der Waals surface area (Å²) in [6, 6.07) is 6.63. The van der Waals surface area contributed by atoms with Crippen molar-refractivity contribution in [2.75, 3.05) is 6.54 Å². The monoisotopic (exact) mass is 315 g/mol. The average Bonchev–Trinajstić information content (AvgIpc) is 3.08. The van der Waals surface area contributed by atoms with Crippen molar-refractivity contribution < 1.29 is 0 Å². The van der Waals surface area contributed by atoms with E-state index < -0.39 is 0 Å². The second kappa shape index (κ2) is 6.21. The van der Waals surface area contributed by atoms with Crippen LogP contribution in [0.3, 0.4) is 0 Å². The molecule has 1 atom stereocenters. The van der Waals surface area contributed by atoms with Gasteiger partial charge in [-0.05, 0) is 43.0 Å². The van der Waals surface area contributed by atoms with Crippen LogP contribution in [0.4, 0.5) is 0 Å². The van der Waals surface area contributed by atoms with Crippen molar-refractivity contribution in [1.82, 2.24) is 5.32 Å². The standard InChI is InChI=1S/C14H19BrClN/c1-2-7-17-14(8-10-3-4-10)12-6-5-11(15)9-13(12)16/h5-6,9-10,14,17H,2-4,7-8H2,1H3. The second-order valence-corrected chi connectivity index (χ2v) is 6.17. The Balaban J connectivity index is 2.11. The van der Waals surface area contributed by atoms with Gasteiger partial charge in [-0.15, -0.1) is 0 Å². The first-order valence-corrected chi connectivity index (χ1v) is 7.56. The molecular formula is C14H19BrClN. The van der Waals surface area contributed by atoms with Gasteiger partial charge < -0.3 is 5.32 Å². The zero-order chi connectivity index (χ0) is 12.3. The van der Waals surface area contributed by atoms with Gasteiger partial charge in [-0.1, -0.05) is 53.4 Å². The molecule has 1 aliphatic rings. The van der Waals surface area contributed by atoms with Gasteiger partial charge in [0.25, 0.3) is 0 Å². The smallest absolute Gasteiger partial charge is 0.0465 e. The van der Waals surface area contributed by atoms with Crippen molar-refractivity contribution in [2.45, 2.75) is 38.6 Å². The molecule has 1 fully saturated rings. The lowest BCUT2D eigenvalue weighted by molar-refractivity contribution is 0.474. The number of hydrogen-bond acceptors (Lipinski definition) is 1. The fraction of sp³-hybridized carbons (Fsp3) is 0.571. The zero-order valence-electron chi connectivity index (χ0n) is 10.2. The zero-order valence-corrected chi connectivity index (χ0v) is 12.5. The van der Waals surface area contributed by atoms with Crippen LogP contribution in [-0.2, 0) is 0 Å². The number of nitrogens with one attached hydrogen (secondary N) is 1. The molecule has 1 aromatic carbocycles. The summed E-state index contributed by atoms with van der Waals surface area (Å²) in [5.74, 6) is 0.907. The molecule has 0 aromatic heterocycles. The summed E-state index contributed by atoms with van der Waals surface area (Å²) in [4.78, 5) is 0. The van der Waals surface area contributed by atoms with Crippen LogP contribution >= 0.6 is 27.5 Å². The highest BCUT2D eigenvalue weighted by Gasteiger charge is 2.26. The second-order valence-electron chi connectivity index (χ2n) is 4.85. The molecule has 0 spiro atoms. The predicted octanol–water partition coefficient (Wildman–Crippen LogP) is 4.94. The first kappa shape index (κ1) is 13.4. The van der Waals surface area contributed by atoms with Gasteiger partial charge in [-0.2, -0.15) is 0 Å². The maximum atomic E-state index is 6.34. The number of halogens is 2. The Bertz CT molecular complexity index is 376. The van der Waals surface area contributed by atoms with Crippen LogP contribution in [0, 0.1) is 5.92 Å². The highest BCUT2D eigenvalue weighted by atomic mass is 79.9. The van der Waals surface area contributed by atoms with Gasteiger partial charge in [0.2, 0.25) is 0 Å². The molecule has 0 aliphatic heterocycles. The Kier molecular flexibility index (Phi) is 4.89. The number of hydrogen-bond donors (Lipinski definition) is 1. The van der Waals surface area contributed by atoms with E-state index in [4.69, 9.17) is 11.6 Å². The molecule has 1 unspecified atom stereocenters. The van der Waals surface area contributed by atoms with Crippen molar-refractivity contribution in [3.63, 3.8) is 0 Å². The van der Waals surface area contributed by atoms with Crippen molar-refractivity contribution in [3.05, 3.63) is 33.3 Å². The van der Waals surface area contributed by atoms with Gasteiger partial charge in [0, 0.05) is 15.5 Å². The SMILES string of the molecule is CCCNC(CC1CC1)c1ccc(Br)cc1Cl. The molecule has 17 heavy (non-hydrogen) atoms. The van der Waals surface area contributed by atoms with Gasteiger partial charge in [0.15, 0.2) is 0 Å². The van der Waals surface area contributed by atoms with E-state index in [0.29, 0.717) is 6.04 Å². The fourth-order valence-corrected chi connectivity index (χ4v) is 2.91. The molecule has 94 valence electrons. The highest BCUT2D eigenvalue weighted by Crippen LogP contribution is 2.39. The van der Waals surface area contributed by atoms with Crippen LogP contribution in [-0.4, -0.2) is 6.54 Å². The summed E-state index contributed by atoms with van der Waals surface area (Å²) in [6.07, 6.45) is 5.16. The van der Waals surface area contributed by atoms with Gasteiger partial charge >= 0.3 is 0 Å².